The molecule has 39 heavy (non-hydrogen) atoms. The number of amides is 2. The van der Waals surface area contributed by atoms with Crippen LogP contribution < -0.4 is 10.0 Å². The second-order valence-electron chi connectivity index (χ2n) is 9.00. The monoisotopic (exact) mass is 578 g/mol. The molecule has 204 valence electrons. The number of halogens is 4. The first kappa shape index (κ1) is 26.9. The van der Waals surface area contributed by atoms with E-state index in [0.29, 0.717) is 36.1 Å². The number of allylic oxidation sites excluding steroid dienone is 1. The smallest absolute Gasteiger partial charge is 0.331 e. The van der Waals surface area contributed by atoms with E-state index in [1.54, 1.807) is 30.5 Å². The second-order valence-corrected chi connectivity index (χ2v) is 12.0. The maximum Gasteiger partial charge on any atom is 0.416 e. The van der Waals surface area contributed by atoms with Crippen molar-refractivity contribution in [1.82, 2.24) is 19.8 Å². The fourth-order valence-corrected chi connectivity index (χ4v) is 6.78. The Labute approximate surface area is 225 Å². The first-order valence-electron chi connectivity index (χ1n) is 11.9. The van der Waals surface area contributed by atoms with Crippen molar-refractivity contribution in [3.8, 4) is 0 Å². The first-order valence-corrected chi connectivity index (χ1v) is 14.2. The molecule has 7 nitrogen and oxygen atoms in total. The number of carbonyl (C=O) groups is 1. The molecule has 1 aliphatic rings. The van der Waals surface area contributed by atoms with Crippen molar-refractivity contribution >= 4 is 43.1 Å². The number of aromatic nitrogens is 2. The van der Waals surface area contributed by atoms with E-state index in [-0.39, 0.29) is 10.8 Å². The topological polar surface area (TPSA) is 93.1 Å². The molecule has 0 saturated heterocycles. The Morgan fingerprint density at radius 3 is 2.54 bits per heavy atom. The summed E-state index contributed by atoms with van der Waals surface area (Å²) in [6.07, 6.45) is -1.18. The van der Waals surface area contributed by atoms with Crippen LogP contribution in [0.5, 0.6) is 0 Å². The molecule has 0 unspecified atom stereocenters. The Kier molecular flexibility index (Phi) is 7.21. The molecule has 0 spiro atoms. The molecule has 2 aromatic carbocycles. The molecular formula is C26H22F4N4O3S2. The number of hydrogen-bond donors (Lipinski definition) is 2. The van der Waals surface area contributed by atoms with Crippen LogP contribution in [-0.4, -0.2) is 30.8 Å². The molecule has 0 fully saturated rings. The standard InChI is InChI=1S/C26H22F4N4O3S2/c27-21(14-31-25(35)33-39(36,37)23-12-17-4-1-2-7-22(17)38-23)20-6-3-5-18-13-32-34(24(18)20)15-16-8-10-19(11-9-16)26(28,29)30/h1-2,4,7-13H,3,5-6,14-15H2,(H2,31,33,35)/b21-20-. The number of aryl methyl sites for hydroxylation is 1. The molecule has 0 atom stereocenters. The average molecular weight is 579 g/mol. The maximum atomic E-state index is 15.3. The Morgan fingerprint density at radius 2 is 1.82 bits per heavy atom. The molecule has 13 heteroatoms. The van der Waals surface area contributed by atoms with Crippen molar-refractivity contribution in [3.05, 3.63) is 89.0 Å². The maximum absolute atomic E-state index is 15.3. The number of hydrogen-bond acceptors (Lipinski definition) is 5. The van der Waals surface area contributed by atoms with Gasteiger partial charge in [-0.2, -0.15) is 18.3 Å². The van der Waals surface area contributed by atoms with E-state index in [0.717, 1.165) is 39.1 Å². The van der Waals surface area contributed by atoms with Gasteiger partial charge in [0, 0.05) is 10.3 Å². The second kappa shape index (κ2) is 10.5. The van der Waals surface area contributed by atoms with Crippen LogP contribution in [0.25, 0.3) is 15.7 Å². The number of carbonyl (C=O) groups excluding carboxylic acids is 1. The fourth-order valence-electron chi connectivity index (χ4n) is 4.45. The van der Waals surface area contributed by atoms with Gasteiger partial charge in [0.15, 0.2) is 0 Å². The highest BCUT2D eigenvalue weighted by Crippen LogP contribution is 2.34. The zero-order valence-corrected chi connectivity index (χ0v) is 21.9. The number of thiophene rings is 1. The van der Waals surface area contributed by atoms with Gasteiger partial charge in [-0.05, 0) is 60.0 Å². The third-order valence-corrected chi connectivity index (χ3v) is 9.23. The van der Waals surface area contributed by atoms with Gasteiger partial charge >= 0.3 is 12.2 Å². The van der Waals surface area contributed by atoms with Crippen LogP contribution in [0.2, 0.25) is 0 Å². The van der Waals surface area contributed by atoms with Crippen LogP contribution in [0.1, 0.15) is 35.2 Å². The van der Waals surface area contributed by atoms with E-state index >= 15 is 4.39 Å². The van der Waals surface area contributed by atoms with Crippen molar-refractivity contribution in [2.24, 2.45) is 0 Å². The minimum absolute atomic E-state index is 0.0400. The van der Waals surface area contributed by atoms with Gasteiger partial charge in [0.25, 0.3) is 10.0 Å². The molecular weight excluding hydrogens is 556 g/mol. The van der Waals surface area contributed by atoms with E-state index < -0.39 is 40.2 Å². The molecule has 4 aromatic rings. The normalized spacial score (nSPS) is 15.2. The van der Waals surface area contributed by atoms with Crippen molar-refractivity contribution in [1.29, 1.82) is 0 Å². The van der Waals surface area contributed by atoms with E-state index in [1.807, 2.05) is 4.72 Å². The summed E-state index contributed by atoms with van der Waals surface area (Å²) >= 11 is 1.01. The summed E-state index contributed by atoms with van der Waals surface area (Å²) in [6, 6.07) is 12.1. The number of urea groups is 1. The van der Waals surface area contributed by atoms with Gasteiger partial charge in [-0.1, -0.05) is 30.3 Å². The number of sulfonamides is 1. The van der Waals surface area contributed by atoms with Gasteiger partial charge < -0.3 is 5.32 Å². The van der Waals surface area contributed by atoms with Crippen LogP contribution in [0.15, 0.2) is 70.8 Å². The molecule has 0 bridgehead atoms. The Hall–Kier alpha value is -3.71. The van der Waals surface area contributed by atoms with Crippen LogP contribution in [0.3, 0.4) is 0 Å². The molecule has 2 amide bonds. The van der Waals surface area contributed by atoms with Crippen LogP contribution in [-0.2, 0) is 29.2 Å². The Balaban J connectivity index is 1.29. The number of benzene rings is 2. The Morgan fingerprint density at radius 1 is 1.08 bits per heavy atom. The highest BCUT2D eigenvalue weighted by molar-refractivity contribution is 7.92. The summed E-state index contributed by atoms with van der Waals surface area (Å²) in [5.74, 6) is -0.653. The largest absolute Gasteiger partial charge is 0.416 e. The van der Waals surface area contributed by atoms with Gasteiger partial charge in [0.1, 0.15) is 10.0 Å². The fraction of sp³-hybridized carbons (Fsp3) is 0.231. The predicted octanol–water partition coefficient (Wildman–Crippen LogP) is 5.87. The van der Waals surface area contributed by atoms with E-state index in [9.17, 15) is 26.4 Å². The van der Waals surface area contributed by atoms with E-state index in [1.165, 1.54) is 22.9 Å². The molecule has 0 aliphatic heterocycles. The SMILES string of the molecule is O=C(NC/C(F)=C1\CCCc2cnn(Cc3ccc(C(F)(F)F)cc3)c21)NS(=O)(=O)c1cc2ccccc2s1. The lowest BCUT2D eigenvalue weighted by atomic mass is 9.92. The lowest BCUT2D eigenvalue weighted by Gasteiger charge is -2.19. The molecule has 2 aromatic heterocycles. The highest BCUT2D eigenvalue weighted by atomic mass is 32.2. The molecule has 2 N–H and O–H groups in total. The van der Waals surface area contributed by atoms with Gasteiger partial charge in [-0.25, -0.2) is 22.3 Å². The Bertz CT molecular complexity index is 1640. The van der Waals surface area contributed by atoms with Gasteiger partial charge in [-0.3, -0.25) is 4.68 Å². The van der Waals surface area contributed by atoms with Crippen molar-refractivity contribution in [2.75, 3.05) is 6.54 Å². The molecule has 0 radical (unpaired) electrons. The van der Waals surface area contributed by atoms with Crippen molar-refractivity contribution < 1.29 is 30.8 Å². The average Bonchev–Trinajstić information content (AvgIpc) is 3.52. The highest BCUT2D eigenvalue weighted by Gasteiger charge is 2.30. The third-order valence-electron chi connectivity index (χ3n) is 6.31. The number of alkyl halides is 3. The van der Waals surface area contributed by atoms with E-state index in [2.05, 4.69) is 10.4 Å². The summed E-state index contributed by atoms with van der Waals surface area (Å²) < 4.78 is 83.4. The summed E-state index contributed by atoms with van der Waals surface area (Å²) in [6.45, 7) is -0.417. The van der Waals surface area contributed by atoms with Crippen LogP contribution >= 0.6 is 11.3 Å². The van der Waals surface area contributed by atoms with Crippen LogP contribution in [0, 0.1) is 0 Å². The van der Waals surface area contributed by atoms with Crippen molar-refractivity contribution in [2.45, 2.75) is 36.2 Å². The zero-order valence-electron chi connectivity index (χ0n) is 20.3. The van der Waals surface area contributed by atoms with Crippen molar-refractivity contribution in [3.63, 3.8) is 0 Å². The summed E-state index contributed by atoms with van der Waals surface area (Å²) in [5.41, 5.74) is 1.41. The zero-order chi connectivity index (χ0) is 27.8. The summed E-state index contributed by atoms with van der Waals surface area (Å²) in [4.78, 5) is 12.4. The molecule has 0 saturated carbocycles. The van der Waals surface area contributed by atoms with Gasteiger partial charge in [-0.15, -0.1) is 11.3 Å². The van der Waals surface area contributed by atoms with Crippen LogP contribution in [0.4, 0.5) is 22.4 Å². The quantitative estimate of drug-likeness (QED) is 0.280. The molecule has 2 heterocycles. The van der Waals surface area contributed by atoms with Gasteiger partial charge in [0.2, 0.25) is 0 Å². The molecule has 1 aliphatic carbocycles. The minimum Gasteiger partial charge on any atom is -0.331 e. The lowest BCUT2D eigenvalue weighted by molar-refractivity contribution is -0.137. The minimum atomic E-state index is -4.45. The van der Waals surface area contributed by atoms with E-state index in [4.69, 9.17) is 0 Å². The summed E-state index contributed by atoms with van der Waals surface area (Å²) in [7, 11) is -4.15. The lowest BCUT2D eigenvalue weighted by Crippen LogP contribution is -2.39. The first-order chi connectivity index (χ1) is 18.5. The number of fused-ring (bicyclic) bond motifs is 2. The molecule has 5 rings (SSSR count). The number of nitrogens with zero attached hydrogens (tertiary/aromatic N) is 2. The predicted molar refractivity (Wildman–Crippen MR) is 139 cm³/mol. The third kappa shape index (κ3) is 5.83. The summed E-state index contributed by atoms with van der Waals surface area (Å²) in [5, 5.41) is 7.29. The number of rotatable bonds is 6. The number of nitrogens with one attached hydrogen (secondary N) is 2. The van der Waals surface area contributed by atoms with Gasteiger partial charge in [0.05, 0.1) is 30.5 Å².